The number of thioether (sulfide) groups is 1. The summed E-state index contributed by atoms with van der Waals surface area (Å²) in [5.74, 6) is 3.39. The van der Waals surface area contributed by atoms with Crippen molar-refractivity contribution >= 4 is 17.7 Å². The zero-order chi connectivity index (χ0) is 23.2. The average molecular weight is 467 g/mol. The molecule has 1 aromatic heterocycles. The molecule has 1 heterocycles. The van der Waals surface area contributed by atoms with Crippen LogP contribution in [0.15, 0.2) is 23.4 Å². The first-order valence-corrected chi connectivity index (χ1v) is 13.8. The molecule has 0 aliphatic heterocycles. The zero-order valence-electron chi connectivity index (χ0n) is 20.6. The van der Waals surface area contributed by atoms with Crippen molar-refractivity contribution in [3.05, 3.63) is 35.2 Å². The predicted octanol–water partition coefficient (Wildman–Crippen LogP) is 5.86. The number of nitrogens with zero attached hydrogens (tertiary/aromatic N) is 3. The van der Waals surface area contributed by atoms with Gasteiger partial charge < -0.3 is 5.32 Å². The van der Waals surface area contributed by atoms with E-state index in [0.29, 0.717) is 11.8 Å². The fourth-order valence-electron chi connectivity index (χ4n) is 7.04. The van der Waals surface area contributed by atoms with E-state index in [1.54, 1.807) is 11.8 Å². The number of hydrogen-bond acceptors (Lipinski definition) is 4. The fraction of sp³-hybridized carbons (Fsp3) is 0.667. The molecule has 0 saturated heterocycles. The smallest absolute Gasteiger partial charge is 0.226 e. The summed E-state index contributed by atoms with van der Waals surface area (Å²) in [5.41, 5.74) is 3.55. The van der Waals surface area contributed by atoms with Crippen LogP contribution in [0.5, 0.6) is 0 Å². The molecule has 1 amide bonds. The lowest BCUT2D eigenvalue weighted by molar-refractivity contribution is -0.146. The van der Waals surface area contributed by atoms with Crippen LogP contribution in [0.2, 0.25) is 0 Å². The van der Waals surface area contributed by atoms with Gasteiger partial charge >= 0.3 is 0 Å². The van der Waals surface area contributed by atoms with Crippen molar-refractivity contribution in [3.8, 4) is 5.69 Å². The Morgan fingerprint density at radius 2 is 1.82 bits per heavy atom. The lowest BCUT2D eigenvalue weighted by Crippen LogP contribution is -2.53. The van der Waals surface area contributed by atoms with Crippen LogP contribution in [0.4, 0.5) is 0 Å². The Kier molecular flexibility index (Phi) is 6.32. The SMILES string of the molecule is CCc1cccc(C)c1-n1c(CNC(=O)C23CC4CC(CC(C4)C2)C3)nnc1S[C@H](C)CC. The molecule has 6 heteroatoms. The highest BCUT2D eigenvalue weighted by atomic mass is 32.2. The molecule has 4 fully saturated rings. The molecular formula is C27H38N4OS. The summed E-state index contributed by atoms with van der Waals surface area (Å²) in [4.78, 5) is 13.6. The van der Waals surface area contributed by atoms with Gasteiger partial charge in [0.05, 0.1) is 12.2 Å². The van der Waals surface area contributed by atoms with Crippen molar-refractivity contribution in [1.82, 2.24) is 20.1 Å². The number of aryl methyl sites for hydroxylation is 2. The summed E-state index contributed by atoms with van der Waals surface area (Å²) in [5, 5.41) is 13.9. The van der Waals surface area contributed by atoms with E-state index in [4.69, 9.17) is 0 Å². The maximum atomic E-state index is 13.6. The van der Waals surface area contributed by atoms with Crippen LogP contribution in [0.1, 0.15) is 82.7 Å². The van der Waals surface area contributed by atoms with Crippen LogP contribution >= 0.6 is 11.8 Å². The van der Waals surface area contributed by atoms with E-state index in [1.807, 2.05) is 0 Å². The monoisotopic (exact) mass is 466 g/mol. The van der Waals surface area contributed by atoms with Gasteiger partial charge in [-0.2, -0.15) is 0 Å². The van der Waals surface area contributed by atoms with Crippen molar-refractivity contribution in [1.29, 1.82) is 0 Å². The Morgan fingerprint density at radius 3 is 2.42 bits per heavy atom. The fourth-order valence-corrected chi connectivity index (χ4v) is 7.96. The second-order valence-corrected chi connectivity index (χ2v) is 12.3. The van der Waals surface area contributed by atoms with Gasteiger partial charge in [-0.3, -0.25) is 9.36 Å². The van der Waals surface area contributed by atoms with Crippen LogP contribution in [-0.4, -0.2) is 25.9 Å². The van der Waals surface area contributed by atoms with E-state index in [1.165, 1.54) is 36.1 Å². The molecule has 5 nitrogen and oxygen atoms in total. The van der Waals surface area contributed by atoms with E-state index in [9.17, 15) is 4.79 Å². The Hall–Kier alpha value is -1.82. The van der Waals surface area contributed by atoms with Crippen molar-refractivity contribution in [3.63, 3.8) is 0 Å². The molecule has 1 aromatic carbocycles. The standard InChI is InChI=1S/C27H38N4OS/c1-5-18(4)33-26-30-29-23(31(26)24-17(3)8-7-9-22(24)6-2)16-28-25(32)27-13-19-10-20(14-27)12-21(11-19)15-27/h7-9,18-21H,5-6,10-16H2,1-4H3,(H,28,32)/t18-,19?,20?,21?,27?/m1/s1. The van der Waals surface area contributed by atoms with Gasteiger partial charge in [-0.05, 0) is 87.2 Å². The normalized spacial score (nSPS) is 28.8. The predicted molar refractivity (Wildman–Crippen MR) is 134 cm³/mol. The summed E-state index contributed by atoms with van der Waals surface area (Å²) in [6.45, 7) is 9.22. The Labute approximate surface area is 202 Å². The summed E-state index contributed by atoms with van der Waals surface area (Å²) in [6.07, 6.45) is 9.34. The molecular weight excluding hydrogens is 428 g/mol. The quantitative estimate of drug-likeness (QED) is 0.495. The van der Waals surface area contributed by atoms with Gasteiger partial charge in [0, 0.05) is 10.7 Å². The number of amides is 1. The Bertz CT molecular complexity index is 994. The van der Waals surface area contributed by atoms with Crippen LogP contribution in [0.25, 0.3) is 5.69 Å². The minimum atomic E-state index is -0.134. The van der Waals surface area contributed by atoms with Crippen molar-refractivity contribution in [2.24, 2.45) is 23.2 Å². The van der Waals surface area contributed by atoms with Crippen LogP contribution in [-0.2, 0) is 17.8 Å². The number of para-hydroxylation sites is 1. The molecule has 4 bridgehead atoms. The number of carbonyl (C=O) groups excluding carboxylic acids is 1. The van der Waals surface area contributed by atoms with Gasteiger partial charge in [-0.25, -0.2) is 0 Å². The van der Waals surface area contributed by atoms with Gasteiger partial charge in [0.2, 0.25) is 5.91 Å². The van der Waals surface area contributed by atoms with E-state index in [0.717, 1.165) is 60.8 Å². The number of aromatic nitrogens is 3. The number of rotatable bonds is 8. The molecule has 4 saturated carbocycles. The van der Waals surface area contributed by atoms with E-state index in [-0.39, 0.29) is 11.3 Å². The van der Waals surface area contributed by atoms with Crippen molar-refractivity contribution in [2.75, 3.05) is 0 Å². The second-order valence-electron chi connectivity index (χ2n) is 10.9. The summed E-state index contributed by atoms with van der Waals surface area (Å²) < 4.78 is 2.21. The lowest BCUT2D eigenvalue weighted by atomic mass is 9.49. The van der Waals surface area contributed by atoms with Gasteiger partial charge in [0.25, 0.3) is 0 Å². The molecule has 178 valence electrons. The summed E-state index contributed by atoms with van der Waals surface area (Å²) in [7, 11) is 0. The molecule has 0 unspecified atom stereocenters. The Morgan fingerprint density at radius 1 is 1.15 bits per heavy atom. The maximum Gasteiger partial charge on any atom is 0.226 e. The molecule has 4 aliphatic carbocycles. The lowest BCUT2D eigenvalue weighted by Gasteiger charge is -2.55. The minimum absolute atomic E-state index is 0.134. The summed E-state index contributed by atoms with van der Waals surface area (Å²) >= 11 is 1.77. The minimum Gasteiger partial charge on any atom is -0.348 e. The van der Waals surface area contributed by atoms with Gasteiger partial charge in [-0.1, -0.05) is 50.7 Å². The number of nitrogens with one attached hydrogen (secondary N) is 1. The first-order chi connectivity index (χ1) is 15.9. The van der Waals surface area contributed by atoms with Crippen LogP contribution < -0.4 is 5.32 Å². The third-order valence-electron chi connectivity index (χ3n) is 8.43. The average Bonchev–Trinajstić information content (AvgIpc) is 3.17. The first kappa shape index (κ1) is 22.9. The van der Waals surface area contributed by atoms with E-state index >= 15 is 0 Å². The highest BCUT2D eigenvalue weighted by molar-refractivity contribution is 7.99. The van der Waals surface area contributed by atoms with Crippen LogP contribution in [0.3, 0.4) is 0 Å². The zero-order valence-corrected chi connectivity index (χ0v) is 21.4. The highest BCUT2D eigenvalue weighted by Crippen LogP contribution is 2.60. The Balaban J connectivity index is 1.42. The van der Waals surface area contributed by atoms with Crippen LogP contribution in [0, 0.1) is 30.1 Å². The third-order valence-corrected chi connectivity index (χ3v) is 9.65. The van der Waals surface area contributed by atoms with Gasteiger partial charge in [0.1, 0.15) is 0 Å². The number of benzene rings is 1. The molecule has 4 aliphatic rings. The molecule has 2 aromatic rings. The molecule has 0 spiro atoms. The maximum absolute atomic E-state index is 13.6. The number of hydrogen-bond donors (Lipinski definition) is 1. The van der Waals surface area contributed by atoms with Gasteiger partial charge in [-0.15, -0.1) is 10.2 Å². The highest BCUT2D eigenvalue weighted by Gasteiger charge is 2.54. The molecule has 33 heavy (non-hydrogen) atoms. The van der Waals surface area contributed by atoms with E-state index < -0.39 is 0 Å². The van der Waals surface area contributed by atoms with Gasteiger partial charge in [0.15, 0.2) is 11.0 Å². The second kappa shape index (κ2) is 9.09. The molecule has 6 rings (SSSR count). The van der Waals surface area contributed by atoms with E-state index in [2.05, 4.69) is 66.0 Å². The first-order valence-electron chi connectivity index (χ1n) is 12.9. The van der Waals surface area contributed by atoms with Crippen molar-refractivity contribution in [2.45, 2.75) is 96.0 Å². The molecule has 0 radical (unpaired) electrons. The number of carbonyl (C=O) groups is 1. The van der Waals surface area contributed by atoms with Crippen molar-refractivity contribution < 1.29 is 4.79 Å². The third kappa shape index (κ3) is 4.24. The summed E-state index contributed by atoms with van der Waals surface area (Å²) in [6, 6.07) is 6.47. The molecule has 1 atom stereocenters. The topological polar surface area (TPSA) is 59.8 Å². The largest absolute Gasteiger partial charge is 0.348 e. The molecule has 1 N–H and O–H groups in total.